The summed E-state index contributed by atoms with van der Waals surface area (Å²) in [5, 5.41) is 3.63. The second-order valence-electron chi connectivity index (χ2n) is 6.05. The normalized spacial score (nSPS) is 29.6. The highest BCUT2D eigenvalue weighted by atomic mass is 16.5. The molecule has 2 aliphatic rings. The van der Waals surface area contributed by atoms with Gasteiger partial charge in [-0.15, -0.1) is 0 Å². The number of likely N-dealkylation sites (tertiary alicyclic amines) is 1. The Morgan fingerprint density at radius 1 is 1.39 bits per heavy atom. The maximum atomic E-state index is 11.8. The zero-order valence-electron chi connectivity index (χ0n) is 11.8. The van der Waals surface area contributed by atoms with Crippen molar-refractivity contribution in [1.29, 1.82) is 0 Å². The molecule has 2 atom stereocenters. The molecule has 1 N–H and O–H groups in total. The number of carbonyl (C=O) groups excluding carboxylic acids is 1. The summed E-state index contributed by atoms with van der Waals surface area (Å²) in [7, 11) is 1.49. The van der Waals surface area contributed by atoms with Crippen LogP contribution in [0.25, 0.3) is 0 Å². The molecule has 0 aromatic heterocycles. The Bertz CT molecular complexity index is 290. The van der Waals surface area contributed by atoms with E-state index in [1.807, 2.05) is 0 Å². The van der Waals surface area contributed by atoms with E-state index in [-0.39, 0.29) is 11.9 Å². The van der Waals surface area contributed by atoms with Crippen molar-refractivity contribution in [3.63, 3.8) is 0 Å². The molecule has 1 saturated heterocycles. The van der Waals surface area contributed by atoms with E-state index in [2.05, 4.69) is 24.1 Å². The predicted molar refractivity (Wildman–Crippen MR) is 71.3 cm³/mol. The van der Waals surface area contributed by atoms with Gasteiger partial charge in [0, 0.05) is 25.2 Å². The molecule has 0 aromatic carbocycles. The van der Waals surface area contributed by atoms with Crippen LogP contribution in [0.4, 0.5) is 0 Å². The Kier molecular flexibility index (Phi) is 4.62. The highest BCUT2D eigenvalue weighted by Crippen LogP contribution is 2.28. The van der Waals surface area contributed by atoms with Gasteiger partial charge in [-0.25, -0.2) is 0 Å². The standard InChI is InChI=1S/C14H26N2O2/c1-10(2)16-8-12(14(17)18-3)6-13(9-16)15-7-11-4-5-11/h10-13,15H,4-9H2,1-3H3. The van der Waals surface area contributed by atoms with E-state index in [1.165, 1.54) is 20.0 Å². The molecule has 0 aromatic rings. The molecule has 1 aliphatic heterocycles. The van der Waals surface area contributed by atoms with Gasteiger partial charge in [-0.3, -0.25) is 9.69 Å². The maximum Gasteiger partial charge on any atom is 0.310 e. The summed E-state index contributed by atoms with van der Waals surface area (Å²) < 4.78 is 4.91. The second kappa shape index (κ2) is 6.02. The first-order chi connectivity index (χ1) is 8.60. The van der Waals surface area contributed by atoms with E-state index in [0.717, 1.165) is 32.0 Å². The van der Waals surface area contributed by atoms with Crippen molar-refractivity contribution in [2.75, 3.05) is 26.7 Å². The van der Waals surface area contributed by atoms with Gasteiger partial charge in [0.25, 0.3) is 0 Å². The molecule has 1 aliphatic carbocycles. The van der Waals surface area contributed by atoms with Crippen LogP contribution in [0.3, 0.4) is 0 Å². The zero-order valence-corrected chi connectivity index (χ0v) is 11.8. The maximum absolute atomic E-state index is 11.8. The predicted octanol–water partition coefficient (Wildman–Crippen LogP) is 1.26. The van der Waals surface area contributed by atoms with Crippen molar-refractivity contribution in [3.05, 3.63) is 0 Å². The van der Waals surface area contributed by atoms with Crippen molar-refractivity contribution in [2.45, 2.75) is 45.2 Å². The molecular weight excluding hydrogens is 228 g/mol. The van der Waals surface area contributed by atoms with Gasteiger partial charge in [-0.2, -0.15) is 0 Å². The van der Waals surface area contributed by atoms with E-state index in [1.54, 1.807) is 0 Å². The van der Waals surface area contributed by atoms with Gasteiger partial charge in [-0.05, 0) is 45.6 Å². The molecular formula is C14H26N2O2. The van der Waals surface area contributed by atoms with E-state index in [4.69, 9.17) is 4.74 Å². The highest BCUT2D eigenvalue weighted by molar-refractivity contribution is 5.72. The summed E-state index contributed by atoms with van der Waals surface area (Å²) in [5.74, 6) is 0.859. The van der Waals surface area contributed by atoms with Crippen LogP contribution < -0.4 is 5.32 Å². The number of nitrogens with one attached hydrogen (secondary N) is 1. The average Bonchev–Trinajstić information content (AvgIpc) is 3.19. The Morgan fingerprint density at radius 2 is 2.11 bits per heavy atom. The second-order valence-corrected chi connectivity index (χ2v) is 6.05. The summed E-state index contributed by atoms with van der Waals surface area (Å²) in [6.07, 6.45) is 3.66. The Morgan fingerprint density at radius 3 is 2.67 bits per heavy atom. The molecule has 2 unspecified atom stereocenters. The fourth-order valence-corrected chi connectivity index (χ4v) is 2.70. The molecule has 2 fully saturated rings. The summed E-state index contributed by atoms with van der Waals surface area (Å²) in [6.45, 7) is 7.39. The van der Waals surface area contributed by atoms with Crippen LogP contribution in [-0.4, -0.2) is 49.7 Å². The first-order valence-corrected chi connectivity index (χ1v) is 7.15. The van der Waals surface area contributed by atoms with E-state index in [9.17, 15) is 4.79 Å². The number of ether oxygens (including phenoxy) is 1. The minimum absolute atomic E-state index is 0.0304. The largest absolute Gasteiger partial charge is 0.469 e. The molecule has 1 saturated carbocycles. The fraction of sp³-hybridized carbons (Fsp3) is 0.929. The minimum Gasteiger partial charge on any atom is -0.469 e. The third-order valence-corrected chi connectivity index (χ3v) is 4.14. The number of methoxy groups -OCH3 is 1. The van der Waals surface area contributed by atoms with Crippen LogP contribution in [0.1, 0.15) is 33.1 Å². The van der Waals surface area contributed by atoms with Crippen molar-refractivity contribution in [2.24, 2.45) is 11.8 Å². The molecule has 1 heterocycles. The lowest BCUT2D eigenvalue weighted by atomic mass is 9.93. The molecule has 0 spiro atoms. The molecule has 0 bridgehead atoms. The van der Waals surface area contributed by atoms with Gasteiger partial charge in [0.05, 0.1) is 13.0 Å². The van der Waals surface area contributed by atoms with Gasteiger partial charge in [-0.1, -0.05) is 0 Å². The zero-order chi connectivity index (χ0) is 13.1. The number of piperidine rings is 1. The van der Waals surface area contributed by atoms with Gasteiger partial charge in [0.2, 0.25) is 0 Å². The molecule has 104 valence electrons. The molecule has 2 rings (SSSR count). The van der Waals surface area contributed by atoms with Gasteiger partial charge < -0.3 is 10.1 Å². The Hall–Kier alpha value is -0.610. The molecule has 0 amide bonds. The van der Waals surface area contributed by atoms with Gasteiger partial charge >= 0.3 is 5.97 Å². The Balaban J connectivity index is 1.89. The van der Waals surface area contributed by atoms with E-state index >= 15 is 0 Å². The molecule has 4 heteroatoms. The third kappa shape index (κ3) is 3.69. The van der Waals surface area contributed by atoms with Crippen molar-refractivity contribution < 1.29 is 9.53 Å². The van der Waals surface area contributed by atoms with Crippen molar-refractivity contribution in [3.8, 4) is 0 Å². The SMILES string of the molecule is COC(=O)C1CC(NCC2CC2)CN(C(C)C)C1. The molecule has 4 nitrogen and oxygen atoms in total. The van der Waals surface area contributed by atoms with Crippen LogP contribution in [0.2, 0.25) is 0 Å². The van der Waals surface area contributed by atoms with E-state index < -0.39 is 0 Å². The number of carbonyl (C=O) groups is 1. The topological polar surface area (TPSA) is 41.6 Å². The van der Waals surface area contributed by atoms with E-state index in [0.29, 0.717) is 12.1 Å². The quantitative estimate of drug-likeness (QED) is 0.750. The average molecular weight is 254 g/mol. The number of esters is 1. The van der Waals surface area contributed by atoms with Crippen LogP contribution in [-0.2, 0) is 9.53 Å². The number of hydrogen-bond donors (Lipinski definition) is 1. The smallest absolute Gasteiger partial charge is 0.310 e. The summed E-state index contributed by atoms with van der Waals surface area (Å²) >= 11 is 0. The first kappa shape index (κ1) is 13.8. The number of hydrogen-bond acceptors (Lipinski definition) is 4. The van der Waals surface area contributed by atoms with Crippen LogP contribution in [0, 0.1) is 11.8 Å². The third-order valence-electron chi connectivity index (χ3n) is 4.14. The van der Waals surface area contributed by atoms with Crippen LogP contribution in [0.15, 0.2) is 0 Å². The lowest BCUT2D eigenvalue weighted by Gasteiger charge is -2.39. The van der Waals surface area contributed by atoms with Gasteiger partial charge in [0.15, 0.2) is 0 Å². The lowest BCUT2D eigenvalue weighted by molar-refractivity contribution is -0.148. The highest BCUT2D eigenvalue weighted by Gasteiger charge is 2.33. The monoisotopic (exact) mass is 254 g/mol. The summed E-state index contributed by atoms with van der Waals surface area (Å²) in [6, 6.07) is 0.925. The summed E-state index contributed by atoms with van der Waals surface area (Å²) in [4.78, 5) is 14.1. The van der Waals surface area contributed by atoms with Crippen molar-refractivity contribution in [1.82, 2.24) is 10.2 Å². The lowest BCUT2D eigenvalue weighted by Crippen LogP contribution is -2.53. The summed E-state index contributed by atoms with van der Waals surface area (Å²) in [5.41, 5.74) is 0. The number of nitrogens with zero attached hydrogens (tertiary/aromatic N) is 1. The first-order valence-electron chi connectivity index (χ1n) is 7.15. The fourth-order valence-electron chi connectivity index (χ4n) is 2.70. The molecule has 18 heavy (non-hydrogen) atoms. The van der Waals surface area contributed by atoms with Crippen molar-refractivity contribution >= 4 is 5.97 Å². The molecule has 0 radical (unpaired) electrons. The van der Waals surface area contributed by atoms with Crippen LogP contribution >= 0.6 is 0 Å². The van der Waals surface area contributed by atoms with Gasteiger partial charge in [0.1, 0.15) is 0 Å². The number of rotatable bonds is 5. The Labute approximate surface area is 110 Å². The minimum atomic E-state index is -0.0569. The van der Waals surface area contributed by atoms with Crippen LogP contribution in [0.5, 0.6) is 0 Å².